The molecule has 0 saturated heterocycles. The minimum Gasteiger partial charge on any atom is -0.482 e. The summed E-state index contributed by atoms with van der Waals surface area (Å²) < 4.78 is 5.23. The van der Waals surface area contributed by atoms with Crippen molar-refractivity contribution in [1.29, 1.82) is 0 Å². The fourth-order valence-corrected chi connectivity index (χ4v) is 1.72. The quantitative estimate of drug-likeness (QED) is 0.819. The van der Waals surface area contributed by atoms with E-state index < -0.39 is 5.97 Å². The van der Waals surface area contributed by atoms with Crippen LogP contribution in [0.15, 0.2) is 30.3 Å². The molecule has 1 aliphatic rings. The van der Waals surface area contributed by atoms with Crippen LogP contribution in [0.5, 0.6) is 0 Å². The molecule has 1 aromatic carbocycles. The summed E-state index contributed by atoms with van der Waals surface area (Å²) in [4.78, 5) is 10.4. The molecule has 0 bridgehead atoms. The molecule has 0 fully saturated rings. The summed E-state index contributed by atoms with van der Waals surface area (Å²) in [6.45, 7) is -0.278. The lowest BCUT2D eigenvalue weighted by atomic mass is 9.96. The van der Waals surface area contributed by atoms with Crippen LogP contribution in [-0.4, -0.2) is 17.7 Å². The van der Waals surface area contributed by atoms with E-state index in [4.69, 9.17) is 9.84 Å². The van der Waals surface area contributed by atoms with Crippen molar-refractivity contribution in [3.63, 3.8) is 0 Å². The zero-order valence-corrected chi connectivity index (χ0v) is 8.27. The van der Waals surface area contributed by atoms with Gasteiger partial charge in [0.05, 0.1) is 0 Å². The minimum atomic E-state index is -0.945. The fraction of sp³-hybridized carbons (Fsp3) is 0.250. The molecular weight excluding hydrogens is 192 g/mol. The Hall–Kier alpha value is -1.77. The number of carboxylic acids is 1. The molecule has 3 nitrogen and oxygen atoms in total. The van der Waals surface area contributed by atoms with Gasteiger partial charge in [-0.15, -0.1) is 0 Å². The highest BCUT2D eigenvalue weighted by Crippen LogP contribution is 2.26. The highest BCUT2D eigenvalue weighted by atomic mass is 16.5. The molecule has 2 rings (SSSR count). The topological polar surface area (TPSA) is 46.5 Å². The maximum Gasteiger partial charge on any atom is 0.341 e. The Kier molecular flexibility index (Phi) is 2.72. The maximum atomic E-state index is 10.4. The first-order valence-electron chi connectivity index (χ1n) is 4.90. The van der Waals surface area contributed by atoms with Gasteiger partial charge in [-0.3, -0.25) is 0 Å². The van der Waals surface area contributed by atoms with Crippen molar-refractivity contribution in [2.75, 3.05) is 6.61 Å². The molecule has 78 valence electrons. The number of allylic oxidation sites excluding steroid dienone is 1. The Morgan fingerprint density at radius 2 is 2.20 bits per heavy atom. The molecule has 0 unspecified atom stereocenters. The van der Waals surface area contributed by atoms with Gasteiger partial charge in [-0.1, -0.05) is 24.3 Å². The number of rotatable bonds is 3. The number of aliphatic carboxylic acids is 1. The van der Waals surface area contributed by atoms with Crippen molar-refractivity contribution in [3.8, 4) is 0 Å². The molecule has 0 spiro atoms. The van der Waals surface area contributed by atoms with Crippen molar-refractivity contribution >= 4 is 11.7 Å². The van der Waals surface area contributed by atoms with Crippen LogP contribution in [0, 0.1) is 0 Å². The Labute approximate surface area is 88.0 Å². The van der Waals surface area contributed by atoms with Crippen molar-refractivity contribution < 1.29 is 14.6 Å². The van der Waals surface area contributed by atoms with E-state index in [1.54, 1.807) is 0 Å². The second-order valence-electron chi connectivity index (χ2n) is 3.45. The maximum absolute atomic E-state index is 10.4. The predicted octanol–water partition coefficient (Wildman–Crippen LogP) is 2.07. The lowest BCUT2D eigenvalue weighted by molar-refractivity contribution is -0.139. The van der Waals surface area contributed by atoms with E-state index in [1.165, 1.54) is 5.56 Å². The van der Waals surface area contributed by atoms with Crippen LogP contribution in [-0.2, 0) is 16.0 Å². The molecule has 0 radical (unpaired) electrons. The van der Waals surface area contributed by atoms with Gasteiger partial charge in [0.2, 0.25) is 0 Å². The average Bonchev–Trinajstić information content (AvgIpc) is 2.26. The number of benzene rings is 1. The fourth-order valence-electron chi connectivity index (χ4n) is 1.72. The largest absolute Gasteiger partial charge is 0.482 e. The van der Waals surface area contributed by atoms with E-state index in [9.17, 15) is 4.79 Å². The molecule has 15 heavy (non-hydrogen) atoms. The highest BCUT2D eigenvalue weighted by molar-refractivity contribution is 5.71. The molecule has 1 aromatic rings. The first-order chi connectivity index (χ1) is 7.27. The number of carbonyl (C=O) groups is 1. The summed E-state index contributed by atoms with van der Waals surface area (Å²) in [5, 5.41) is 8.54. The SMILES string of the molecule is O=C(O)COC1=CCCc2ccccc21. The third kappa shape index (κ3) is 2.18. The summed E-state index contributed by atoms with van der Waals surface area (Å²) >= 11 is 0. The van der Waals surface area contributed by atoms with Crippen LogP contribution in [0.25, 0.3) is 5.76 Å². The summed E-state index contributed by atoms with van der Waals surface area (Å²) in [6.07, 6.45) is 3.85. The van der Waals surface area contributed by atoms with Gasteiger partial charge in [-0.2, -0.15) is 0 Å². The molecule has 1 N–H and O–H groups in total. The molecule has 0 amide bonds. The Bertz CT molecular complexity index is 407. The van der Waals surface area contributed by atoms with E-state index >= 15 is 0 Å². The summed E-state index contributed by atoms with van der Waals surface area (Å²) in [5.74, 6) is -0.252. The molecule has 0 heterocycles. The monoisotopic (exact) mass is 204 g/mol. The van der Waals surface area contributed by atoms with E-state index in [2.05, 4.69) is 0 Å². The van der Waals surface area contributed by atoms with Gasteiger partial charge < -0.3 is 9.84 Å². The van der Waals surface area contributed by atoms with E-state index in [-0.39, 0.29) is 6.61 Å². The van der Waals surface area contributed by atoms with Crippen LogP contribution in [0.3, 0.4) is 0 Å². The average molecular weight is 204 g/mol. The molecule has 0 aliphatic heterocycles. The van der Waals surface area contributed by atoms with Gasteiger partial charge >= 0.3 is 5.97 Å². The van der Waals surface area contributed by atoms with Crippen LogP contribution >= 0.6 is 0 Å². The van der Waals surface area contributed by atoms with Crippen molar-refractivity contribution in [3.05, 3.63) is 41.5 Å². The third-order valence-electron chi connectivity index (χ3n) is 2.38. The minimum absolute atomic E-state index is 0.278. The van der Waals surface area contributed by atoms with Crippen molar-refractivity contribution in [2.45, 2.75) is 12.8 Å². The van der Waals surface area contributed by atoms with E-state index in [0.717, 1.165) is 18.4 Å². The number of ether oxygens (including phenoxy) is 1. The van der Waals surface area contributed by atoms with Gasteiger partial charge in [-0.05, 0) is 24.5 Å². The molecule has 1 aliphatic carbocycles. The zero-order chi connectivity index (χ0) is 10.7. The van der Waals surface area contributed by atoms with Gasteiger partial charge in [0.15, 0.2) is 6.61 Å². The zero-order valence-electron chi connectivity index (χ0n) is 8.27. The number of fused-ring (bicyclic) bond motifs is 1. The number of aryl methyl sites for hydroxylation is 1. The molecule has 0 saturated carbocycles. The summed E-state index contributed by atoms with van der Waals surface area (Å²) in [5.41, 5.74) is 2.24. The van der Waals surface area contributed by atoms with E-state index in [0.29, 0.717) is 5.76 Å². The number of hydrogen-bond acceptors (Lipinski definition) is 2. The number of carboxylic acid groups (broad SMARTS) is 1. The highest BCUT2D eigenvalue weighted by Gasteiger charge is 2.13. The van der Waals surface area contributed by atoms with Crippen LogP contribution in [0.1, 0.15) is 17.5 Å². The van der Waals surface area contributed by atoms with Crippen LogP contribution in [0.4, 0.5) is 0 Å². The Morgan fingerprint density at radius 1 is 1.40 bits per heavy atom. The molecule has 3 heteroatoms. The molecule has 0 atom stereocenters. The van der Waals surface area contributed by atoms with Crippen molar-refractivity contribution in [2.24, 2.45) is 0 Å². The smallest absolute Gasteiger partial charge is 0.341 e. The third-order valence-corrected chi connectivity index (χ3v) is 2.38. The summed E-state index contributed by atoms with van der Waals surface area (Å²) in [7, 11) is 0. The van der Waals surface area contributed by atoms with Crippen molar-refractivity contribution in [1.82, 2.24) is 0 Å². The summed E-state index contributed by atoms with van der Waals surface area (Å²) in [6, 6.07) is 7.93. The standard InChI is InChI=1S/C12H12O3/c13-12(14)8-15-11-7-3-5-9-4-1-2-6-10(9)11/h1-2,4,6-7H,3,5,8H2,(H,13,14). The van der Waals surface area contributed by atoms with Gasteiger partial charge in [0, 0.05) is 5.56 Å². The van der Waals surface area contributed by atoms with Gasteiger partial charge in [0.1, 0.15) is 5.76 Å². The van der Waals surface area contributed by atoms with Gasteiger partial charge in [-0.25, -0.2) is 4.79 Å². The van der Waals surface area contributed by atoms with E-state index in [1.807, 2.05) is 30.3 Å². The lowest BCUT2D eigenvalue weighted by Gasteiger charge is -2.17. The molecule has 0 aromatic heterocycles. The Morgan fingerprint density at radius 3 is 3.00 bits per heavy atom. The molecular formula is C12H12O3. The lowest BCUT2D eigenvalue weighted by Crippen LogP contribution is -2.09. The first-order valence-corrected chi connectivity index (χ1v) is 4.90. The normalized spacial score (nSPS) is 14.0. The van der Waals surface area contributed by atoms with Crippen LogP contribution in [0.2, 0.25) is 0 Å². The second-order valence-corrected chi connectivity index (χ2v) is 3.45. The first kappa shape index (κ1) is 9.77. The predicted molar refractivity (Wildman–Crippen MR) is 56.3 cm³/mol. The Balaban J connectivity index is 2.19. The second kappa shape index (κ2) is 4.17. The van der Waals surface area contributed by atoms with Gasteiger partial charge in [0.25, 0.3) is 0 Å². The number of hydrogen-bond donors (Lipinski definition) is 1. The van der Waals surface area contributed by atoms with Crippen LogP contribution < -0.4 is 0 Å².